The summed E-state index contributed by atoms with van der Waals surface area (Å²) >= 11 is 6.51. The zero-order valence-electron chi connectivity index (χ0n) is 20.4. The van der Waals surface area contributed by atoms with E-state index in [2.05, 4.69) is 80.3 Å². The quantitative estimate of drug-likeness (QED) is 0.344. The van der Waals surface area contributed by atoms with Gasteiger partial charge in [-0.05, 0) is 69.1 Å². The minimum atomic E-state index is 0.328. The van der Waals surface area contributed by atoms with Crippen molar-refractivity contribution in [3.63, 3.8) is 0 Å². The maximum absolute atomic E-state index is 7.32. The van der Waals surface area contributed by atoms with Gasteiger partial charge in [-0.15, -0.1) is 11.6 Å². The Bertz CT molecular complexity index is 794. The van der Waals surface area contributed by atoms with Crippen molar-refractivity contribution in [3.8, 4) is 6.07 Å². The number of alkyl halides is 1. The normalized spacial score (nSPS) is 18.8. The molecule has 32 heavy (non-hydrogen) atoms. The van der Waals surface area contributed by atoms with E-state index in [-0.39, 0.29) is 0 Å². The standard InChI is InChI=1S/C27H38ClN.C2H3N/c1-4-25(29(21(2)3)20-19-22-9-6-5-7-10-22)18-15-23-13-16-24(17-14-23)26-11-8-12-27(26)28;1-2-3/h5-7,9-10,13-14,16-17,21,25-27H,4,8,11-12,15,18-20H2,1-3H3;1H3. The Morgan fingerprint density at radius 1 is 1.00 bits per heavy atom. The summed E-state index contributed by atoms with van der Waals surface area (Å²) in [7, 11) is 0. The van der Waals surface area contributed by atoms with Crippen LogP contribution in [-0.4, -0.2) is 28.9 Å². The minimum absolute atomic E-state index is 0.328. The summed E-state index contributed by atoms with van der Waals surface area (Å²) in [4.78, 5) is 2.71. The van der Waals surface area contributed by atoms with Crippen molar-refractivity contribution in [2.24, 2.45) is 0 Å². The second kappa shape index (κ2) is 14.4. The van der Waals surface area contributed by atoms with Crippen molar-refractivity contribution in [1.82, 2.24) is 4.90 Å². The SMILES string of the molecule is CC#N.CCC(CCc1ccc(C2CCCC2Cl)cc1)N(CCc1ccccc1)C(C)C. The molecule has 0 aromatic heterocycles. The third kappa shape index (κ3) is 8.27. The van der Waals surface area contributed by atoms with Gasteiger partial charge in [-0.2, -0.15) is 5.26 Å². The van der Waals surface area contributed by atoms with Crippen LogP contribution in [0.1, 0.15) is 82.4 Å². The predicted octanol–water partition coefficient (Wildman–Crippen LogP) is 7.76. The van der Waals surface area contributed by atoms with E-state index >= 15 is 0 Å². The molecule has 3 heteroatoms. The van der Waals surface area contributed by atoms with Gasteiger partial charge in [-0.1, -0.05) is 67.9 Å². The molecular formula is C29H41ClN2. The Balaban J connectivity index is 0.00000114. The van der Waals surface area contributed by atoms with Crippen LogP contribution < -0.4 is 0 Å². The second-order valence-electron chi connectivity index (χ2n) is 9.19. The van der Waals surface area contributed by atoms with Crippen LogP contribution in [0.4, 0.5) is 0 Å². The van der Waals surface area contributed by atoms with E-state index in [0.717, 1.165) is 19.4 Å². The number of hydrogen-bond donors (Lipinski definition) is 0. The number of halogens is 1. The van der Waals surface area contributed by atoms with Crippen LogP contribution in [0.25, 0.3) is 0 Å². The lowest BCUT2D eigenvalue weighted by molar-refractivity contribution is 0.143. The fourth-order valence-electron chi connectivity index (χ4n) is 4.92. The van der Waals surface area contributed by atoms with Crippen LogP contribution in [0.3, 0.4) is 0 Å². The molecule has 0 aliphatic heterocycles. The highest BCUT2D eigenvalue weighted by atomic mass is 35.5. The van der Waals surface area contributed by atoms with Gasteiger partial charge in [0.25, 0.3) is 0 Å². The topological polar surface area (TPSA) is 27.0 Å². The molecule has 3 atom stereocenters. The van der Waals surface area contributed by atoms with Gasteiger partial charge in [0.15, 0.2) is 0 Å². The van der Waals surface area contributed by atoms with E-state index in [0.29, 0.717) is 23.4 Å². The molecule has 3 unspecified atom stereocenters. The Kier molecular flexibility index (Phi) is 11.9. The molecule has 1 fully saturated rings. The minimum Gasteiger partial charge on any atom is -0.298 e. The first-order chi connectivity index (χ1) is 15.5. The highest BCUT2D eigenvalue weighted by molar-refractivity contribution is 6.21. The molecule has 1 saturated carbocycles. The van der Waals surface area contributed by atoms with Gasteiger partial charge < -0.3 is 0 Å². The van der Waals surface area contributed by atoms with Crippen LogP contribution in [0, 0.1) is 11.3 Å². The Hall–Kier alpha value is -1.82. The average molecular weight is 453 g/mol. The summed E-state index contributed by atoms with van der Waals surface area (Å²) in [5.74, 6) is 0.559. The number of nitriles is 1. The molecular weight excluding hydrogens is 412 g/mol. The molecule has 2 aromatic carbocycles. The molecule has 2 aromatic rings. The van der Waals surface area contributed by atoms with Crippen LogP contribution >= 0.6 is 11.6 Å². The maximum Gasteiger partial charge on any atom is 0.0587 e. The van der Waals surface area contributed by atoms with Gasteiger partial charge in [-0.25, -0.2) is 0 Å². The van der Waals surface area contributed by atoms with Gasteiger partial charge in [0.2, 0.25) is 0 Å². The fourth-order valence-corrected chi connectivity index (χ4v) is 5.35. The van der Waals surface area contributed by atoms with Gasteiger partial charge >= 0.3 is 0 Å². The first-order valence-corrected chi connectivity index (χ1v) is 12.8. The van der Waals surface area contributed by atoms with Crippen LogP contribution in [0.2, 0.25) is 0 Å². The third-order valence-corrected chi connectivity index (χ3v) is 7.23. The molecule has 0 spiro atoms. The monoisotopic (exact) mass is 452 g/mol. The number of rotatable bonds is 10. The first kappa shape index (κ1) is 26.4. The van der Waals surface area contributed by atoms with Gasteiger partial charge in [0.05, 0.1) is 6.07 Å². The van der Waals surface area contributed by atoms with Gasteiger partial charge in [0.1, 0.15) is 0 Å². The first-order valence-electron chi connectivity index (χ1n) is 12.3. The summed E-state index contributed by atoms with van der Waals surface area (Å²) in [5.41, 5.74) is 4.33. The third-order valence-electron chi connectivity index (χ3n) is 6.71. The van der Waals surface area contributed by atoms with Crippen LogP contribution in [0.15, 0.2) is 54.6 Å². The molecule has 3 rings (SSSR count). The summed E-state index contributed by atoms with van der Waals surface area (Å²) in [6, 6.07) is 23.2. The summed E-state index contributed by atoms with van der Waals surface area (Å²) < 4.78 is 0. The molecule has 1 aliphatic carbocycles. The van der Waals surface area contributed by atoms with Crippen LogP contribution in [0.5, 0.6) is 0 Å². The summed E-state index contributed by atoms with van der Waals surface area (Å²) in [5, 5.41) is 7.65. The van der Waals surface area contributed by atoms with E-state index in [1.165, 1.54) is 55.7 Å². The largest absolute Gasteiger partial charge is 0.298 e. The summed E-state index contributed by atoms with van der Waals surface area (Å²) in [6.07, 6.45) is 8.40. The Labute approximate surface area is 201 Å². The molecule has 0 heterocycles. The number of nitrogens with zero attached hydrogens (tertiary/aromatic N) is 2. The van der Waals surface area contributed by atoms with E-state index < -0.39 is 0 Å². The van der Waals surface area contributed by atoms with Crippen molar-refractivity contribution in [2.75, 3.05) is 6.54 Å². The molecule has 0 N–H and O–H groups in total. The van der Waals surface area contributed by atoms with Crippen molar-refractivity contribution in [2.45, 2.75) is 96.0 Å². The lowest BCUT2D eigenvalue weighted by Crippen LogP contribution is -2.41. The molecule has 174 valence electrons. The molecule has 2 nitrogen and oxygen atoms in total. The molecule has 1 aliphatic rings. The molecule has 0 saturated heterocycles. The second-order valence-corrected chi connectivity index (χ2v) is 9.75. The molecule has 0 bridgehead atoms. The van der Waals surface area contributed by atoms with E-state index in [4.69, 9.17) is 16.9 Å². The van der Waals surface area contributed by atoms with Gasteiger partial charge in [-0.3, -0.25) is 4.90 Å². The lowest BCUT2D eigenvalue weighted by atomic mass is 9.94. The predicted molar refractivity (Wildman–Crippen MR) is 138 cm³/mol. The van der Waals surface area contributed by atoms with Crippen molar-refractivity contribution >= 4 is 11.6 Å². The van der Waals surface area contributed by atoms with Crippen molar-refractivity contribution in [3.05, 3.63) is 71.3 Å². The van der Waals surface area contributed by atoms with Crippen LogP contribution in [-0.2, 0) is 12.8 Å². The molecule has 0 radical (unpaired) electrons. The molecule has 0 amide bonds. The van der Waals surface area contributed by atoms with E-state index in [1.54, 1.807) is 6.07 Å². The summed E-state index contributed by atoms with van der Waals surface area (Å²) in [6.45, 7) is 9.59. The van der Waals surface area contributed by atoms with Crippen molar-refractivity contribution < 1.29 is 0 Å². The lowest BCUT2D eigenvalue weighted by Gasteiger charge is -2.35. The van der Waals surface area contributed by atoms with Gasteiger partial charge in [0, 0.05) is 36.8 Å². The smallest absolute Gasteiger partial charge is 0.0587 e. The van der Waals surface area contributed by atoms with E-state index in [9.17, 15) is 0 Å². The zero-order chi connectivity index (χ0) is 23.3. The highest BCUT2D eigenvalue weighted by Crippen LogP contribution is 2.38. The highest BCUT2D eigenvalue weighted by Gasteiger charge is 2.26. The van der Waals surface area contributed by atoms with E-state index in [1.807, 2.05) is 0 Å². The number of hydrogen-bond acceptors (Lipinski definition) is 2. The Morgan fingerprint density at radius 2 is 1.62 bits per heavy atom. The number of aryl methyl sites for hydroxylation is 1. The number of benzene rings is 2. The fraction of sp³-hybridized carbons (Fsp3) is 0.552. The Morgan fingerprint density at radius 3 is 2.16 bits per heavy atom. The maximum atomic E-state index is 7.32. The van der Waals surface area contributed by atoms with Crippen molar-refractivity contribution in [1.29, 1.82) is 5.26 Å². The average Bonchev–Trinajstić information content (AvgIpc) is 3.23. The zero-order valence-corrected chi connectivity index (χ0v) is 21.2.